The Balaban J connectivity index is 1.58. The highest BCUT2D eigenvalue weighted by Crippen LogP contribution is 2.22. The molecule has 2 aromatic heterocycles. The van der Waals surface area contributed by atoms with Gasteiger partial charge >= 0.3 is 6.09 Å². The second kappa shape index (κ2) is 12.3. The lowest BCUT2D eigenvalue weighted by Gasteiger charge is -2.35. The number of nitrogens with one attached hydrogen (secondary N) is 1. The Morgan fingerprint density at radius 3 is 2.36 bits per heavy atom. The first-order valence-electron chi connectivity index (χ1n) is 13.5. The number of amides is 3. The van der Waals surface area contributed by atoms with Gasteiger partial charge < -0.3 is 36.1 Å². The number of aryl methyl sites for hydroxylation is 1. The number of anilines is 2. The highest BCUT2D eigenvalue weighted by Gasteiger charge is 2.32. The summed E-state index contributed by atoms with van der Waals surface area (Å²) in [7, 11) is 1.58. The zero-order valence-corrected chi connectivity index (χ0v) is 25.2. The first-order valence-corrected chi connectivity index (χ1v) is 13.9. The second-order valence-corrected chi connectivity index (χ2v) is 11.1. The third-order valence-corrected chi connectivity index (χ3v) is 7.09. The van der Waals surface area contributed by atoms with Crippen LogP contribution in [-0.4, -0.2) is 81.1 Å². The van der Waals surface area contributed by atoms with E-state index in [0.29, 0.717) is 44.3 Å². The third-order valence-electron chi connectivity index (χ3n) is 6.81. The summed E-state index contributed by atoms with van der Waals surface area (Å²) in [4.78, 5) is 50.2. The minimum Gasteiger partial charge on any atom is -0.497 e. The van der Waals surface area contributed by atoms with E-state index in [-0.39, 0.29) is 41.5 Å². The highest BCUT2D eigenvalue weighted by molar-refractivity contribution is 6.31. The monoisotopic (exact) mass is 602 g/mol. The Morgan fingerprint density at radius 2 is 1.74 bits per heavy atom. The Morgan fingerprint density at radius 1 is 1.07 bits per heavy atom. The molecule has 0 spiro atoms. The molecule has 0 unspecified atom stereocenters. The van der Waals surface area contributed by atoms with Crippen molar-refractivity contribution in [3.8, 4) is 5.75 Å². The van der Waals surface area contributed by atoms with E-state index in [4.69, 9.17) is 32.5 Å². The van der Waals surface area contributed by atoms with Crippen molar-refractivity contribution in [3.05, 3.63) is 34.9 Å². The zero-order chi connectivity index (χ0) is 30.8. The van der Waals surface area contributed by atoms with Gasteiger partial charge in [0, 0.05) is 32.2 Å². The lowest BCUT2D eigenvalue weighted by molar-refractivity contribution is -0.668. The Kier molecular flexibility index (Phi) is 8.95. The summed E-state index contributed by atoms with van der Waals surface area (Å²) in [6.07, 6.45) is -0.394. The van der Waals surface area contributed by atoms with Crippen molar-refractivity contribution in [3.63, 3.8) is 0 Å². The first-order chi connectivity index (χ1) is 19.8. The highest BCUT2D eigenvalue weighted by atomic mass is 35.5. The van der Waals surface area contributed by atoms with Gasteiger partial charge in [-0.1, -0.05) is 11.6 Å². The van der Waals surface area contributed by atoms with Crippen molar-refractivity contribution >= 4 is 52.2 Å². The van der Waals surface area contributed by atoms with Crippen LogP contribution >= 0.6 is 11.6 Å². The molecule has 15 heteroatoms. The van der Waals surface area contributed by atoms with Gasteiger partial charge in [0.2, 0.25) is 0 Å². The fourth-order valence-electron chi connectivity index (χ4n) is 4.77. The number of halogens is 1. The third kappa shape index (κ3) is 6.59. The summed E-state index contributed by atoms with van der Waals surface area (Å²) in [5.41, 5.74) is 12.4. The van der Waals surface area contributed by atoms with Crippen LogP contribution in [0.4, 0.5) is 16.4 Å². The molecule has 42 heavy (non-hydrogen) atoms. The number of nitrogens with two attached hydrogens (primary N) is 2. The van der Waals surface area contributed by atoms with E-state index in [1.54, 1.807) is 16.9 Å². The smallest absolute Gasteiger partial charge is 0.410 e. The molecule has 0 atom stereocenters. The summed E-state index contributed by atoms with van der Waals surface area (Å²) >= 11 is 5.96. The number of methoxy groups -OCH3 is 1. The van der Waals surface area contributed by atoms with Gasteiger partial charge in [0.25, 0.3) is 17.6 Å². The van der Waals surface area contributed by atoms with Gasteiger partial charge in [-0.05, 0) is 39.8 Å². The van der Waals surface area contributed by atoms with Gasteiger partial charge in [-0.15, -0.1) is 0 Å². The quantitative estimate of drug-likeness (QED) is 0.339. The van der Waals surface area contributed by atoms with E-state index in [1.165, 1.54) is 0 Å². The summed E-state index contributed by atoms with van der Waals surface area (Å²) < 4.78 is 14.8. The van der Waals surface area contributed by atoms with Gasteiger partial charge in [0.05, 0.1) is 13.7 Å². The van der Waals surface area contributed by atoms with Crippen LogP contribution in [0.15, 0.2) is 18.2 Å². The largest absolute Gasteiger partial charge is 0.497 e. The molecule has 14 nitrogen and oxygen atoms in total. The number of nitrogens with zero attached hydrogens (tertiary/aromatic N) is 6. The summed E-state index contributed by atoms with van der Waals surface area (Å²) in [5.74, 6) is 0.383. The molecule has 3 aromatic rings. The molecule has 226 valence electrons. The van der Waals surface area contributed by atoms with E-state index in [0.717, 1.165) is 11.0 Å². The molecule has 5 N–H and O–H groups in total. The summed E-state index contributed by atoms with van der Waals surface area (Å²) in [5, 5.41) is 2.69. The standard InChI is InChI=1S/C27H36ClN9O5/c1-6-36-18-13-16(41-5)7-8-17(18)37(19(36)14-31-25(39)21-23(29)33-24(30)22(28)32-21)15-20(38)34-9-11-35(12-10-34)26(40)42-27(2,3)4/h7-8,13H,6,9-12,14-15H2,1-5H3,(H4-,29,30,31,33,39)/p+1. The maximum absolute atomic E-state index is 13.6. The van der Waals surface area contributed by atoms with Crippen LogP contribution in [0, 0.1) is 0 Å². The maximum atomic E-state index is 13.6. The molecule has 3 heterocycles. The molecule has 1 aromatic carbocycles. The number of benzene rings is 1. The number of piperazine rings is 1. The van der Waals surface area contributed by atoms with E-state index in [2.05, 4.69) is 15.3 Å². The number of ether oxygens (including phenoxy) is 2. The normalized spacial score (nSPS) is 13.8. The van der Waals surface area contributed by atoms with Crippen LogP contribution in [-0.2, 0) is 29.2 Å². The second-order valence-electron chi connectivity index (χ2n) is 10.8. The predicted molar refractivity (Wildman–Crippen MR) is 156 cm³/mol. The number of hydrogen-bond acceptors (Lipinski definition) is 9. The van der Waals surface area contributed by atoms with Gasteiger partial charge in [-0.2, -0.15) is 0 Å². The average Bonchev–Trinajstić information content (AvgIpc) is 3.23. The molecule has 0 bridgehead atoms. The van der Waals surface area contributed by atoms with Crippen molar-refractivity contribution in [2.75, 3.05) is 44.8 Å². The van der Waals surface area contributed by atoms with Gasteiger partial charge in [0.1, 0.15) is 17.9 Å². The molecule has 0 saturated carbocycles. The Bertz CT molecular complexity index is 1510. The number of hydrogen-bond donors (Lipinski definition) is 3. The van der Waals surface area contributed by atoms with Crippen molar-refractivity contribution in [1.29, 1.82) is 0 Å². The van der Waals surface area contributed by atoms with Gasteiger partial charge in [0.15, 0.2) is 40.1 Å². The van der Waals surface area contributed by atoms with Crippen molar-refractivity contribution in [1.82, 2.24) is 29.7 Å². The molecule has 3 amide bonds. The zero-order valence-electron chi connectivity index (χ0n) is 24.4. The molecule has 0 aliphatic carbocycles. The Labute approximate surface area is 248 Å². The van der Waals surface area contributed by atoms with Crippen LogP contribution < -0.4 is 26.1 Å². The molecule has 1 fully saturated rings. The minimum atomic E-state index is -0.596. The fourth-order valence-corrected chi connectivity index (χ4v) is 4.90. The van der Waals surface area contributed by atoms with Gasteiger partial charge in [-0.25, -0.2) is 23.9 Å². The molecule has 0 radical (unpaired) electrons. The number of imidazole rings is 1. The Hall–Kier alpha value is -4.33. The number of rotatable bonds is 7. The van der Waals surface area contributed by atoms with E-state index in [9.17, 15) is 14.4 Å². The van der Waals surface area contributed by atoms with Crippen molar-refractivity contribution in [2.45, 2.75) is 52.9 Å². The lowest BCUT2D eigenvalue weighted by atomic mass is 10.2. The van der Waals surface area contributed by atoms with Crippen LogP contribution in [0.2, 0.25) is 5.15 Å². The molecular weight excluding hydrogens is 566 g/mol. The predicted octanol–water partition coefficient (Wildman–Crippen LogP) is 1.57. The average molecular weight is 603 g/mol. The van der Waals surface area contributed by atoms with Crippen molar-refractivity contribution in [2.24, 2.45) is 0 Å². The van der Waals surface area contributed by atoms with Crippen LogP contribution in [0.25, 0.3) is 11.0 Å². The SMILES string of the molecule is CCn1c(CNC(=O)c2nc(Cl)c(N)nc2N)[n+](CC(=O)N2CCN(C(=O)OC(C)(C)C)CC2)c2ccc(OC)cc21. The number of fused-ring (bicyclic) bond motifs is 1. The van der Waals surface area contributed by atoms with E-state index in [1.807, 2.05) is 55.0 Å². The number of carbonyl (C=O) groups excluding carboxylic acids is 3. The van der Waals surface area contributed by atoms with Crippen LogP contribution in [0.3, 0.4) is 0 Å². The number of nitrogen functional groups attached to an aromatic ring is 2. The summed E-state index contributed by atoms with van der Waals surface area (Å²) in [6, 6.07) is 5.58. The maximum Gasteiger partial charge on any atom is 0.410 e. The first kappa shape index (κ1) is 30.6. The molecule has 1 saturated heterocycles. The van der Waals surface area contributed by atoms with Crippen LogP contribution in [0.5, 0.6) is 5.75 Å². The molecule has 4 rings (SSSR count). The van der Waals surface area contributed by atoms with E-state index >= 15 is 0 Å². The molecule has 1 aliphatic rings. The minimum absolute atomic E-state index is 0.0170. The molecular formula is C27H37ClN9O5+. The number of carbonyl (C=O) groups is 3. The summed E-state index contributed by atoms with van der Waals surface area (Å²) in [6.45, 7) is 9.53. The van der Waals surface area contributed by atoms with Crippen molar-refractivity contribution < 1.29 is 28.4 Å². The number of aromatic nitrogens is 4. The fraction of sp³-hybridized carbons (Fsp3) is 0.481. The lowest BCUT2D eigenvalue weighted by Crippen LogP contribution is -2.55. The topological polar surface area (TPSA) is 175 Å². The van der Waals surface area contributed by atoms with E-state index < -0.39 is 17.6 Å². The molecule has 1 aliphatic heterocycles. The van der Waals surface area contributed by atoms with Gasteiger partial charge in [-0.3, -0.25) is 9.59 Å². The van der Waals surface area contributed by atoms with Crippen LogP contribution in [0.1, 0.15) is 44.0 Å².